The summed E-state index contributed by atoms with van der Waals surface area (Å²) in [6.45, 7) is 0. The van der Waals surface area contributed by atoms with E-state index in [1.54, 1.807) is 0 Å². The first-order valence-corrected chi connectivity index (χ1v) is 8.25. The summed E-state index contributed by atoms with van der Waals surface area (Å²) in [4.78, 5) is 0.104. The largest absolute Gasteiger partial charge is 0.455 e. The van der Waals surface area contributed by atoms with E-state index < -0.39 is 10.0 Å². The van der Waals surface area contributed by atoms with Crippen molar-refractivity contribution in [2.75, 3.05) is 12.8 Å². The van der Waals surface area contributed by atoms with Crippen molar-refractivity contribution in [3.05, 3.63) is 46.0 Å². The molecule has 0 aliphatic carbocycles. The Morgan fingerprint density at radius 3 is 2.35 bits per heavy atom. The van der Waals surface area contributed by atoms with Gasteiger partial charge in [0.1, 0.15) is 11.5 Å². The third kappa shape index (κ3) is 3.41. The van der Waals surface area contributed by atoms with Gasteiger partial charge in [-0.3, -0.25) is 0 Å². The Balaban J connectivity index is 2.29. The number of nitrogens with one attached hydrogen (secondary N) is 1. The highest BCUT2D eigenvalue weighted by Gasteiger charge is 2.13. The van der Waals surface area contributed by atoms with Gasteiger partial charge in [-0.15, -0.1) is 0 Å². The van der Waals surface area contributed by atoms with E-state index in [9.17, 15) is 8.42 Å². The van der Waals surface area contributed by atoms with Crippen LogP contribution in [0.4, 0.5) is 5.69 Å². The lowest BCUT2D eigenvalue weighted by molar-refractivity contribution is 0.484. The highest BCUT2D eigenvalue weighted by molar-refractivity contribution is 14.1. The van der Waals surface area contributed by atoms with Gasteiger partial charge in [0.05, 0.1) is 10.6 Å². The van der Waals surface area contributed by atoms with Gasteiger partial charge in [-0.1, -0.05) is 0 Å². The molecule has 0 aromatic heterocycles. The highest BCUT2D eigenvalue weighted by atomic mass is 127. The van der Waals surface area contributed by atoms with Gasteiger partial charge in [-0.2, -0.15) is 0 Å². The van der Waals surface area contributed by atoms with Crippen molar-refractivity contribution in [2.24, 2.45) is 0 Å². The Morgan fingerprint density at radius 2 is 1.80 bits per heavy atom. The normalized spacial score (nSPS) is 11.3. The Morgan fingerprint density at radius 1 is 1.15 bits per heavy atom. The van der Waals surface area contributed by atoms with E-state index in [-0.39, 0.29) is 10.6 Å². The van der Waals surface area contributed by atoms with E-state index in [1.165, 1.54) is 25.2 Å². The van der Waals surface area contributed by atoms with Gasteiger partial charge < -0.3 is 10.5 Å². The van der Waals surface area contributed by atoms with Crippen LogP contribution in [0.5, 0.6) is 11.5 Å². The van der Waals surface area contributed by atoms with E-state index in [0.29, 0.717) is 11.5 Å². The van der Waals surface area contributed by atoms with Crippen molar-refractivity contribution < 1.29 is 13.2 Å². The van der Waals surface area contributed by atoms with E-state index in [2.05, 4.69) is 27.3 Å². The molecule has 20 heavy (non-hydrogen) atoms. The molecule has 0 fully saturated rings. The number of rotatable bonds is 4. The molecule has 0 radical (unpaired) electrons. The highest BCUT2D eigenvalue weighted by Crippen LogP contribution is 2.29. The lowest BCUT2D eigenvalue weighted by Gasteiger charge is -2.10. The maximum Gasteiger partial charge on any atom is 0.240 e. The number of ether oxygens (including phenoxy) is 1. The Labute approximate surface area is 131 Å². The van der Waals surface area contributed by atoms with Crippen LogP contribution in [0.1, 0.15) is 0 Å². The Bertz CT molecular complexity index is 715. The van der Waals surface area contributed by atoms with Gasteiger partial charge >= 0.3 is 0 Å². The number of hydrogen-bond donors (Lipinski definition) is 2. The zero-order valence-corrected chi connectivity index (χ0v) is 13.6. The molecule has 106 valence electrons. The number of nitrogens with two attached hydrogens (primary N) is 1. The molecule has 0 spiro atoms. The molecule has 7 heteroatoms. The third-order valence-corrected chi connectivity index (χ3v) is 4.73. The second-order valence-corrected chi connectivity index (χ2v) is 7.10. The monoisotopic (exact) mass is 404 g/mol. The fourth-order valence-electron chi connectivity index (χ4n) is 1.53. The first-order chi connectivity index (χ1) is 9.42. The standard InChI is InChI=1S/C13H13IN2O3S/c1-16-20(17,18)11-6-7-13(12(15)8-11)19-10-4-2-9(14)3-5-10/h2-8,16H,15H2,1H3. The summed E-state index contributed by atoms with van der Waals surface area (Å²) < 4.78 is 32.3. The van der Waals surface area contributed by atoms with Crippen LogP contribution in [0.25, 0.3) is 0 Å². The number of nitrogen functional groups attached to an aromatic ring is 1. The number of halogens is 1. The van der Waals surface area contributed by atoms with Crippen LogP contribution >= 0.6 is 22.6 Å². The van der Waals surface area contributed by atoms with Crippen molar-refractivity contribution in [3.63, 3.8) is 0 Å². The van der Waals surface area contributed by atoms with Crippen LogP contribution in [0.15, 0.2) is 47.4 Å². The van der Waals surface area contributed by atoms with Gasteiger partial charge in [0.2, 0.25) is 10.0 Å². The van der Waals surface area contributed by atoms with E-state index in [1.807, 2.05) is 24.3 Å². The first kappa shape index (κ1) is 15.1. The predicted octanol–water partition coefficient (Wildman–Crippen LogP) is 2.57. The molecule has 0 aliphatic heterocycles. The number of benzene rings is 2. The lowest BCUT2D eigenvalue weighted by Crippen LogP contribution is -2.18. The van der Waals surface area contributed by atoms with Crippen LogP contribution in [0, 0.1) is 3.57 Å². The fraction of sp³-hybridized carbons (Fsp3) is 0.0769. The quantitative estimate of drug-likeness (QED) is 0.607. The van der Waals surface area contributed by atoms with E-state index in [0.717, 1.165) is 3.57 Å². The van der Waals surface area contributed by atoms with Crippen LogP contribution < -0.4 is 15.2 Å². The van der Waals surface area contributed by atoms with Crippen LogP contribution in [-0.2, 0) is 10.0 Å². The number of sulfonamides is 1. The second-order valence-electron chi connectivity index (χ2n) is 3.96. The third-order valence-electron chi connectivity index (χ3n) is 2.60. The van der Waals surface area contributed by atoms with Gasteiger partial charge in [0.25, 0.3) is 0 Å². The maximum absolute atomic E-state index is 11.7. The molecule has 2 aromatic rings. The molecular formula is C13H13IN2O3S. The molecule has 5 nitrogen and oxygen atoms in total. The molecule has 2 rings (SSSR count). The van der Waals surface area contributed by atoms with Gasteiger partial charge in [-0.05, 0) is 72.1 Å². The van der Waals surface area contributed by atoms with Crippen molar-refractivity contribution in [1.82, 2.24) is 4.72 Å². The first-order valence-electron chi connectivity index (χ1n) is 5.69. The van der Waals surface area contributed by atoms with Crippen molar-refractivity contribution in [2.45, 2.75) is 4.90 Å². The van der Waals surface area contributed by atoms with Crippen molar-refractivity contribution in [3.8, 4) is 11.5 Å². The molecule has 0 amide bonds. The van der Waals surface area contributed by atoms with Crippen molar-refractivity contribution in [1.29, 1.82) is 0 Å². The lowest BCUT2D eigenvalue weighted by atomic mass is 10.3. The molecule has 0 atom stereocenters. The van der Waals surface area contributed by atoms with E-state index in [4.69, 9.17) is 10.5 Å². The number of hydrogen-bond acceptors (Lipinski definition) is 4. The number of anilines is 1. The molecule has 0 aliphatic rings. The predicted molar refractivity (Wildman–Crippen MR) is 86.3 cm³/mol. The van der Waals surface area contributed by atoms with Crippen LogP contribution in [0.3, 0.4) is 0 Å². The summed E-state index contributed by atoms with van der Waals surface area (Å²) in [5, 5.41) is 0. The van der Waals surface area contributed by atoms with Crippen molar-refractivity contribution >= 4 is 38.3 Å². The minimum atomic E-state index is -3.50. The summed E-state index contributed by atoms with van der Waals surface area (Å²) >= 11 is 2.20. The Kier molecular flexibility index (Phi) is 4.51. The summed E-state index contributed by atoms with van der Waals surface area (Å²) in [5.74, 6) is 1.06. The molecule has 3 N–H and O–H groups in total. The average molecular weight is 404 g/mol. The molecule has 2 aromatic carbocycles. The average Bonchev–Trinajstić information content (AvgIpc) is 2.43. The van der Waals surface area contributed by atoms with Gasteiger partial charge in [-0.25, -0.2) is 13.1 Å². The summed E-state index contributed by atoms with van der Waals surface area (Å²) in [7, 11) is -2.15. The molecule has 0 bridgehead atoms. The molecule has 0 unspecified atom stereocenters. The molecule has 0 saturated heterocycles. The topological polar surface area (TPSA) is 81.4 Å². The zero-order valence-electron chi connectivity index (χ0n) is 10.6. The maximum atomic E-state index is 11.7. The molecule has 0 saturated carbocycles. The Hall–Kier alpha value is -1.32. The van der Waals surface area contributed by atoms with Gasteiger partial charge in [0, 0.05) is 3.57 Å². The SMILES string of the molecule is CNS(=O)(=O)c1ccc(Oc2ccc(I)cc2)c(N)c1. The smallest absolute Gasteiger partial charge is 0.240 e. The molecular weight excluding hydrogens is 391 g/mol. The summed E-state index contributed by atoms with van der Waals surface area (Å²) in [5.41, 5.74) is 6.10. The summed E-state index contributed by atoms with van der Waals surface area (Å²) in [6.07, 6.45) is 0. The second kappa shape index (κ2) is 5.98. The van der Waals surface area contributed by atoms with Gasteiger partial charge in [0.15, 0.2) is 0 Å². The fourth-order valence-corrected chi connectivity index (χ4v) is 2.66. The minimum Gasteiger partial charge on any atom is -0.455 e. The molecule has 0 heterocycles. The zero-order chi connectivity index (χ0) is 14.8. The minimum absolute atomic E-state index is 0.104. The van der Waals surface area contributed by atoms with E-state index >= 15 is 0 Å². The summed E-state index contributed by atoms with van der Waals surface area (Å²) in [6, 6.07) is 11.8. The van der Waals surface area contributed by atoms with Crippen LogP contribution in [0.2, 0.25) is 0 Å². The van der Waals surface area contributed by atoms with Crippen LogP contribution in [-0.4, -0.2) is 15.5 Å².